The molecule has 0 N–H and O–H groups in total. The predicted octanol–water partition coefficient (Wildman–Crippen LogP) is 4.00. The Morgan fingerprint density at radius 2 is 1.94 bits per heavy atom. The van der Waals surface area contributed by atoms with Gasteiger partial charge >= 0.3 is 0 Å². The minimum absolute atomic E-state index is 0.0783. The van der Waals surface area contributed by atoms with Gasteiger partial charge in [-0.25, -0.2) is 0 Å². The summed E-state index contributed by atoms with van der Waals surface area (Å²) in [6, 6.07) is 0. The van der Waals surface area contributed by atoms with Crippen molar-refractivity contribution in [3.63, 3.8) is 0 Å². The van der Waals surface area contributed by atoms with E-state index in [0.29, 0.717) is 11.8 Å². The number of halogens is 3. The lowest BCUT2D eigenvalue weighted by atomic mass is 9.90. The molecule has 0 aromatic carbocycles. The molecule has 0 aliphatic rings. The number of alkyl halides is 2. The van der Waals surface area contributed by atoms with E-state index in [1.165, 1.54) is 5.69 Å². The normalized spacial score (nSPS) is 12.1. The van der Waals surface area contributed by atoms with Crippen LogP contribution in [0.3, 0.4) is 0 Å². The molecule has 0 saturated carbocycles. The molecule has 0 spiro atoms. The molecule has 16 heavy (non-hydrogen) atoms. The predicted molar refractivity (Wildman–Crippen MR) is 73.6 cm³/mol. The highest BCUT2D eigenvalue weighted by Gasteiger charge is 2.26. The van der Waals surface area contributed by atoms with E-state index in [4.69, 9.17) is 23.2 Å². The molecule has 0 saturated heterocycles. The monoisotopic (exact) mass is 326 g/mol. The Morgan fingerprint density at radius 1 is 1.38 bits per heavy atom. The Morgan fingerprint density at radius 3 is 2.38 bits per heavy atom. The summed E-state index contributed by atoms with van der Waals surface area (Å²) >= 11 is 15.6. The van der Waals surface area contributed by atoms with Crippen LogP contribution in [0.25, 0.3) is 0 Å². The van der Waals surface area contributed by atoms with Gasteiger partial charge in [0, 0.05) is 23.7 Å². The molecule has 0 unspecified atom stereocenters. The zero-order valence-electron chi connectivity index (χ0n) is 9.86. The second-order valence-electron chi connectivity index (χ2n) is 4.42. The Kier molecular flexibility index (Phi) is 5.14. The highest BCUT2D eigenvalue weighted by molar-refractivity contribution is 9.10. The third-order valence-corrected chi connectivity index (χ3v) is 5.01. The third kappa shape index (κ3) is 2.93. The minimum Gasteiger partial charge on any atom is -0.268 e. The average molecular weight is 328 g/mol. The van der Waals surface area contributed by atoms with Crippen molar-refractivity contribution in [2.75, 3.05) is 11.8 Å². The lowest BCUT2D eigenvalue weighted by Gasteiger charge is -2.24. The van der Waals surface area contributed by atoms with E-state index >= 15 is 0 Å². The van der Waals surface area contributed by atoms with Crippen molar-refractivity contribution < 1.29 is 0 Å². The molecular weight excluding hydrogens is 311 g/mol. The van der Waals surface area contributed by atoms with Gasteiger partial charge < -0.3 is 0 Å². The summed E-state index contributed by atoms with van der Waals surface area (Å²) in [6.45, 7) is 7.05. The van der Waals surface area contributed by atoms with Crippen molar-refractivity contribution in [1.82, 2.24) is 9.78 Å². The van der Waals surface area contributed by atoms with Crippen LogP contribution in [-0.4, -0.2) is 21.5 Å². The van der Waals surface area contributed by atoms with Crippen LogP contribution in [0.4, 0.5) is 0 Å². The molecule has 1 aromatic rings. The first kappa shape index (κ1) is 14.3. The molecule has 1 rings (SSSR count). The average Bonchev–Trinajstić information content (AvgIpc) is 2.56. The maximum absolute atomic E-state index is 5.98. The molecule has 5 heteroatoms. The second kappa shape index (κ2) is 5.74. The Bertz CT molecular complexity index is 359. The fourth-order valence-electron chi connectivity index (χ4n) is 1.57. The summed E-state index contributed by atoms with van der Waals surface area (Å²) in [7, 11) is 0. The highest BCUT2D eigenvalue weighted by atomic mass is 79.9. The molecule has 1 aromatic heterocycles. The van der Waals surface area contributed by atoms with E-state index in [-0.39, 0.29) is 5.41 Å². The van der Waals surface area contributed by atoms with E-state index in [9.17, 15) is 0 Å². The van der Waals surface area contributed by atoms with E-state index in [1.54, 1.807) is 0 Å². The van der Waals surface area contributed by atoms with Crippen LogP contribution in [-0.2, 0) is 13.0 Å². The molecule has 0 fully saturated rings. The van der Waals surface area contributed by atoms with Crippen LogP contribution < -0.4 is 0 Å². The van der Waals surface area contributed by atoms with Crippen molar-refractivity contribution in [2.24, 2.45) is 5.41 Å². The van der Waals surface area contributed by atoms with Crippen LogP contribution in [0.15, 0.2) is 4.47 Å². The summed E-state index contributed by atoms with van der Waals surface area (Å²) in [6.07, 6.45) is 0.843. The zero-order valence-corrected chi connectivity index (χ0v) is 13.0. The number of hydrogen-bond donors (Lipinski definition) is 0. The number of rotatable bonds is 5. The van der Waals surface area contributed by atoms with Gasteiger partial charge in [0.15, 0.2) is 0 Å². The topological polar surface area (TPSA) is 17.8 Å². The molecule has 0 radical (unpaired) electrons. The van der Waals surface area contributed by atoms with E-state index in [2.05, 4.69) is 34.9 Å². The lowest BCUT2D eigenvalue weighted by Crippen LogP contribution is -2.25. The molecular formula is C11H17BrCl2N2. The molecule has 0 aliphatic carbocycles. The van der Waals surface area contributed by atoms with Gasteiger partial charge in [0.25, 0.3) is 0 Å². The first-order chi connectivity index (χ1) is 7.47. The number of hydrogen-bond acceptors (Lipinski definition) is 1. The fourth-order valence-corrected chi connectivity index (χ4v) is 2.47. The van der Waals surface area contributed by atoms with Crippen LogP contribution >= 0.6 is 39.1 Å². The van der Waals surface area contributed by atoms with Gasteiger partial charge in [0.05, 0.1) is 15.9 Å². The van der Waals surface area contributed by atoms with Gasteiger partial charge in [-0.05, 0) is 36.2 Å². The second-order valence-corrected chi connectivity index (χ2v) is 5.74. The van der Waals surface area contributed by atoms with Gasteiger partial charge in [-0.1, -0.05) is 6.92 Å². The summed E-state index contributed by atoms with van der Waals surface area (Å²) in [5.74, 6) is 1.10. The minimum atomic E-state index is -0.0783. The zero-order chi connectivity index (χ0) is 12.3. The SMILES string of the molecule is CCn1nc(C)c(Br)c1CC(C)(CCl)CCl. The van der Waals surface area contributed by atoms with Crippen molar-refractivity contribution in [3.8, 4) is 0 Å². The van der Waals surface area contributed by atoms with Crippen LogP contribution in [0.1, 0.15) is 25.2 Å². The van der Waals surface area contributed by atoms with Gasteiger partial charge in [-0.15, -0.1) is 23.2 Å². The fraction of sp³-hybridized carbons (Fsp3) is 0.727. The summed E-state index contributed by atoms with van der Waals surface area (Å²) in [5.41, 5.74) is 2.12. The van der Waals surface area contributed by atoms with Crippen LogP contribution in [0.2, 0.25) is 0 Å². The van der Waals surface area contributed by atoms with Crippen molar-refractivity contribution >= 4 is 39.1 Å². The first-order valence-electron chi connectivity index (χ1n) is 5.31. The number of aromatic nitrogens is 2. The molecule has 92 valence electrons. The number of aryl methyl sites for hydroxylation is 2. The van der Waals surface area contributed by atoms with Crippen LogP contribution in [0.5, 0.6) is 0 Å². The summed E-state index contributed by atoms with van der Waals surface area (Å²) in [4.78, 5) is 0. The Hall–Kier alpha value is 0.270. The van der Waals surface area contributed by atoms with E-state index < -0.39 is 0 Å². The van der Waals surface area contributed by atoms with E-state index in [1.807, 2.05) is 11.6 Å². The largest absolute Gasteiger partial charge is 0.268 e. The third-order valence-electron chi connectivity index (χ3n) is 2.69. The van der Waals surface area contributed by atoms with Crippen LogP contribution in [0, 0.1) is 12.3 Å². The quantitative estimate of drug-likeness (QED) is 0.747. The van der Waals surface area contributed by atoms with Gasteiger partial charge in [-0.3, -0.25) is 4.68 Å². The number of nitrogens with zero attached hydrogens (tertiary/aromatic N) is 2. The standard InChI is InChI=1S/C11H17BrCl2N2/c1-4-16-9(10(12)8(2)15-16)5-11(3,6-13)7-14/h4-7H2,1-3H3. The molecule has 2 nitrogen and oxygen atoms in total. The lowest BCUT2D eigenvalue weighted by molar-refractivity contribution is 0.405. The van der Waals surface area contributed by atoms with Gasteiger partial charge in [0.2, 0.25) is 0 Å². The van der Waals surface area contributed by atoms with E-state index in [0.717, 1.165) is 23.1 Å². The van der Waals surface area contributed by atoms with Crippen molar-refractivity contribution in [3.05, 3.63) is 15.9 Å². The van der Waals surface area contributed by atoms with Crippen molar-refractivity contribution in [2.45, 2.75) is 33.7 Å². The molecule has 1 heterocycles. The molecule has 0 bridgehead atoms. The Labute approximate surface area is 115 Å². The molecule has 0 amide bonds. The van der Waals surface area contributed by atoms with Gasteiger partial charge in [0.1, 0.15) is 0 Å². The Balaban J connectivity index is 3.04. The maximum Gasteiger partial charge on any atom is 0.0738 e. The first-order valence-corrected chi connectivity index (χ1v) is 7.17. The summed E-state index contributed by atoms with van der Waals surface area (Å²) < 4.78 is 3.09. The van der Waals surface area contributed by atoms with Gasteiger partial charge in [-0.2, -0.15) is 5.10 Å². The highest BCUT2D eigenvalue weighted by Crippen LogP contribution is 2.31. The summed E-state index contributed by atoms with van der Waals surface area (Å²) in [5, 5.41) is 4.47. The smallest absolute Gasteiger partial charge is 0.0738 e. The molecule has 0 aliphatic heterocycles. The van der Waals surface area contributed by atoms with Crippen molar-refractivity contribution in [1.29, 1.82) is 0 Å². The molecule has 0 atom stereocenters. The maximum atomic E-state index is 5.98.